The van der Waals surface area contributed by atoms with Crippen LogP contribution in [0.25, 0.3) is 0 Å². The Labute approximate surface area is 167 Å². The molecule has 28 heavy (non-hydrogen) atoms. The molecule has 1 fully saturated rings. The molecule has 3 rings (SSSR count). The number of ketones is 1. The van der Waals surface area contributed by atoms with Crippen LogP contribution in [-0.2, 0) is 16.4 Å². The molecule has 10 heteroatoms. The van der Waals surface area contributed by atoms with Crippen molar-refractivity contribution < 1.29 is 18.3 Å². The number of hydrogen-bond donors (Lipinski definition) is 2. The van der Waals surface area contributed by atoms with Crippen molar-refractivity contribution in [3.05, 3.63) is 44.8 Å². The van der Waals surface area contributed by atoms with E-state index in [0.717, 1.165) is 6.26 Å². The molecule has 0 bridgehead atoms. The second-order valence-electron chi connectivity index (χ2n) is 6.85. The predicted molar refractivity (Wildman–Crippen MR) is 106 cm³/mol. The number of carbonyl (C=O) groups is 1. The first kappa shape index (κ1) is 20.6. The molecular weight excluding hydrogens is 406 g/mol. The summed E-state index contributed by atoms with van der Waals surface area (Å²) in [6, 6.07) is 2.66. The fraction of sp³-hybridized carbons (Fsp3) is 0.444. The molecule has 2 heterocycles. The number of nitrogens with zero attached hydrogens (tertiary/aromatic N) is 2. The number of aliphatic hydroxyl groups excluding tert-OH is 1. The van der Waals surface area contributed by atoms with Crippen molar-refractivity contribution in [2.75, 3.05) is 24.2 Å². The zero-order valence-corrected chi connectivity index (χ0v) is 17.2. The van der Waals surface area contributed by atoms with Gasteiger partial charge in [-0.3, -0.25) is 14.3 Å². The van der Waals surface area contributed by atoms with E-state index in [1.165, 1.54) is 23.0 Å². The molecule has 1 aliphatic heterocycles. The number of carbonyl (C=O) groups excluding carboxylic acids is 1. The Bertz CT molecular complexity index is 1070. The lowest BCUT2D eigenvalue weighted by Crippen LogP contribution is -2.39. The van der Waals surface area contributed by atoms with Crippen molar-refractivity contribution in [2.24, 2.45) is 0 Å². The standard InChI is InChI=1S/C18H22ClN3O5S/c1-3-22-18(25)13(9-20-22)17(24)12-6-7-14(28(2,26)27)16(15(12)19)21-8-4-5-11(23)10-21/h6-7,9,11,20,23H,3-5,8,10H2,1-2H3. The van der Waals surface area contributed by atoms with Crippen molar-refractivity contribution in [1.29, 1.82) is 0 Å². The number of benzene rings is 1. The van der Waals surface area contributed by atoms with Crippen molar-refractivity contribution in [3.8, 4) is 0 Å². The highest BCUT2D eigenvalue weighted by atomic mass is 35.5. The molecule has 0 saturated carbocycles. The fourth-order valence-corrected chi connectivity index (χ4v) is 4.75. The van der Waals surface area contributed by atoms with Crippen LogP contribution < -0.4 is 10.5 Å². The minimum atomic E-state index is -3.63. The topological polar surface area (TPSA) is 112 Å². The number of aryl methyl sites for hydroxylation is 1. The van der Waals surface area contributed by atoms with Crippen LogP contribution >= 0.6 is 11.6 Å². The third kappa shape index (κ3) is 3.74. The summed E-state index contributed by atoms with van der Waals surface area (Å²) in [6.07, 6.45) is 3.05. The van der Waals surface area contributed by atoms with Gasteiger partial charge in [0.05, 0.1) is 21.7 Å². The van der Waals surface area contributed by atoms with Crippen LogP contribution in [0.15, 0.2) is 28.0 Å². The highest BCUT2D eigenvalue weighted by Crippen LogP contribution is 2.38. The number of β-amino-alcohol motifs (C(OH)–C–C–N with tert-alkyl or cyclic N) is 1. The Kier molecular flexibility index (Phi) is 5.69. The maximum Gasteiger partial charge on any atom is 0.277 e. The van der Waals surface area contributed by atoms with Crippen LogP contribution in [0.2, 0.25) is 5.02 Å². The van der Waals surface area contributed by atoms with Gasteiger partial charge in [-0.2, -0.15) is 0 Å². The number of H-pyrrole nitrogens is 1. The van der Waals surface area contributed by atoms with E-state index >= 15 is 0 Å². The van der Waals surface area contributed by atoms with Gasteiger partial charge in [-0.1, -0.05) is 11.6 Å². The van der Waals surface area contributed by atoms with Gasteiger partial charge in [0.1, 0.15) is 5.56 Å². The van der Waals surface area contributed by atoms with E-state index in [2.05, 4.69) is 5.10 Å². The molecule has 0 spiro atoms. The van der Waals surface area contributed by atoms with Crippen LogP contribution in [0.4, 0.5) is 5.69 Å². The van der Waals surface area contributed by atoms with Crippen LogP contribution in [0.1, 0.15) is 35.7 Å². The van der Waals surface area contributed by atoms with Gasteiger partial charge in [-0.05, 0) is 31.9 Å². The summed E-state index contributed by atoms with van der Waals surface area (Å²) < 4.78 is 25.9. The second-order valence-corrected chi connectivity index (χ2v) is 9.22. The molecule has 1 aromatic carbocycles. The van der Waals surface area contributed by atoms with Crippen molar-refractivity contribution in [1.82, 2.24) is 9.78 Å². The Morgan fingerprint density at radius 1 is 1.36 bits per heavy atom. The first-order valence-electron chi connectivity index (χ1n) is 8.93. The lowest BCUT2D eigenvalue weighted by molar-refractivity contribution is 0.103. The van der Waals surface area contributed by atoms with E-state index in [-0.39, 0.29) is 33.3 Å². The Balaban J connectivity index is 2.16. The third-order valence-electron chi connectivity index (χ3n) is 4.84. The lowest BCUT2D eigenvalue weighted by Gasteiger charge is -2.34. The Hall–Kier alpha value is -2.10. The molecule has 1 saturated heterocycles. The monoisotopic (exact) mass is 427 g/mol. The Morgan fingerprint density at radius 3 is 2.64 bits per heavy atom. The van der Waals surface area contributed by atoms with Crippen molar-refractivity contribution in [3.63, 3.8) is 0 Å². The third-order valence-corrected chi connectivity index (χ3v) is 6.35. The van der Waals surface area contributed by atoms with Gasteiger partial charge in [0.25, 0.3) is 5.56 Å². The maximum absolute atomic E-state index is 12.9. The predicted octanol–water partition coefficient (Wildman–Crippen LogP) is 1.45. The smallest absolute Gasteiger partial charge is 0.277 e. The number of aliphatic hydroxyl groups is 1. The second kappa shape index (κ2) is 7.73. The van der Waals surface area contributed by atoms with E-state index in [1.807, 2.05) is 0 Å². The number of anilines is 1. The van der Waals surface area contributed by atoms with Gasteiger partial charge in [0.2, 0.25) is 5.78 Å². The maximum atomic E-state index is 12.9. The van der Waals surface area contributed by atoms with Gasteiger partial charge < -0.3 is 15.1 Å². The van der Waals surface area contributed by atoms with Crippen LogP contribution in [0.5, 0.6) is 0 Å². The van der Waals surface area contributed by atoms with E-state index in [1.54, 1.807) is 11.8 Å². The SMILES string of the molecule is CCn1[nH]cc(C(=O)c2ccc(S(C)(=O)=O)c(N3CCCC(O)C3)c2Cl)c1=O. The van der Waals surface area contributed by atoms with E-state index < -0.39 is 27.3 Å². The van der Waals surface area contributed by atoms with Gasteiger partial charge in [-0.25, -0.2) is 8.42 Å². The normalized spacial score (nSPS) is 17.7. The highest BCUT2D eigenvalue weighted by Gasteiger charge is 2.29. The zero-order chi connectivity index (χ0) is 20.6. The quantitative estimate of drug-likeness (QED) is 0.698. The number of rotatable bonds is 5. The number of hydrogen-bond acceptors (Lipinski definition) is 6. The molecule has 0 amide bonds. The molecule has 8 nitrogen and oxygen atoms in total. The minimum absolute atomic E-state index is 0.0109. The van der Waals surface area contributed by atoms with Crippen molar-refractivity contribution >= 4 is 32.9 Å². The highest BCUT2D eigenvalue weighted by molar-refractivity contribution is 7.90. The number of aromatic nitrogens is 2. The molecular formula is C18H22ClN3O5S. The van der Waals surface area contributed by atoms with Crippen molar-refractivity contribution in [2.45, 2.75) is 37.3 Å². The number of aromatic amines is 1. The molecule has 1 aromatic heterocycles. The average molecular weight is 428 g/mol. The molecule has 2 aromatic rings. The van der Waals surface area contributed by atoms with Gasteiger partial charge in [0, 0.05) is 37.7 Å². The first-order valence-corrected chi connectivity index (χ1v) is 11.2. The average Bonchev–Trinajstić information content (AvgIpc) is 3.00. The van der Waals surface area contributed by atoms with Crippen LogP contribution in [-0.4, -0.2) is 54.5 Å². The van der Waals surface area contributed by atoms with E-state index in [9.17, 15) is 23.1 Å². The fourth-order valence-electron chi connectivity index (χ4n) is 3.42. The first-order chi connectivity index (χ1) is 13.1. The summed E-state index contributed by atoms with van der Waals surface area (Å²) in [4.78, 5) is 26.9. The zero-order valence-electron chi connectivity index (χ0n) is 15.6. The number of nitrogens with one attached hydrogen (secondary N) is 1. The lowest BCUT2D eigenvalue weighted by atomic mass is 10.0. The largest absolute Gasteiger partial charge is 0.391 e. The summed E-state index contributed by atoms with van der Waals surface area (Å²) in [5, 5.41) is 12.7. The minimum Gasteiger partial charge on any atom is -0.391 e. The van der Waals surface area contributed by atoms with Gasteiger partial charge in [-0.15, -0.1) is 0 Å². The van der Waals surface area contributed by atoms with Gasteiger partial charge in [0.15, 0.2) is 9.84 Å². The summed E-state index contributed by atoms with van der Waals surface area (Å²) in [5.41, 5.74) is -0.296. The summed E-state index contributed by atoms with van der Waals surface area (Å²) in [7, 11) is -3.63. The molecule has 0 radical (unpaired) electrons. The molecule has 1 unspecified atom stereocenters. The number of halogens is 1. The van der Waals surface area contributed by atoms with Crippen LogP contribution in [0, 0.1) is 0 Å². The van der Waals surface area contributed by atoms with E-state index in [4.69, 9.17) is 11.6 Å². The molecule has 152 valence electrons. The van der Waals surface area contributed by atoms with Gasteiger partial charge >= 0.3 is 0 Å². The molecule has 0 aliphatic carbocycles. The number of sulfone groups is 1. The summed E-state index contributed by atoms with van der Waals surface area (Å²) in [5.74, 6) is -0.586. The van der Waals surface area contributed by atoms with Crippen LogP contribution in [0.3, 0.4) is 0 Å². The number of piperidine rings is 1. The molecule has 2 N–H and O–H groups in total. The molecule has 1 atom stereocenters. The summed E-state index contributed by atoms with van der Waals surface area (Å²) >= 11 is 6.51. The Morgan fingerprint density at radius 2 is 2.07 bits per heavy atom. The summed E-state index contributed by atoms with van der Waals surface area (Å²) in [6.45, 7) is 2.86. The van der Waals surface area contributed by atoms with E-state index in [0.29, 0.717) is 25.9 Å². The molecule has 1 aliphatic rings.